The molecule has 0 radical (unpaired) electrons. The summed E-state index contributed by atoms with van der Waals surface area (Å²) < 4.78 is 31.9. The summed E-state index contributed by atoms with van der Waals surface area (Å²) in [5.74, 6) is -1.33. The number of carbonyl (C=O) groups is 2. The van der Waals surface area contributed by atoms with Crippen molar-refractivity contribution in [3.63, 3.8) is 0 Å². The van der Waals surface area contributed by atoms with E-state index in [9.17, 15) is 18.0 Å². The fraction of sp³-hybridized carbons (Fsp3) is 0.231. The van der Waals surface area contributed by atoms with Gasteiger partial charge in [0, 0.05) is 16.3 Å². The quantitative estimate of drug-likeness (QED) is 0.342. The Kier molecular flexibility index (Phi) is 5.92. The number of halogens is 1. The van der Waals surface area contributed by atoms with E-state index >= 15 is 0 Å². The number of esters is 2. The molecule has 114 valence electrons. The Bertz CT molecular complexity index is 665. The van der Waals surface area contributed by atoms with E-state index in [4.69, 9.17) is 20.2 Å². The van der Waals surface area contributed by atoms with E-state index < -0.39 is 21.0 Å². The molecule has 0 atom stereocenters. The third-order valence-corrected chi connectivity index (χ3v) is 3.60. The second kappa shape index (κ2) is 7.24. The number of hydrogen-bond acceptors (Lipinski definition) is 6. The van der Waals surface area contributed by atoms with Crippen molar-refractivity contribution in [1.29, 1.82) is 0 Å². The van der Waals surface area contributed by atoms with Crippen molar-refractivity contribution in [2.24, 2.45) is 0 Å². The van der Waals surface area contributed by atoms with Crippen LogP contribution in [-0.2, 0) is 23.3 Å². The molecule has 0 aliphatic heterocycles. The fourth-order valence-corrected chi connectivity index (χ4v) is 2.05. The van der Waals surface area contributed by atoms with Crippen LogP contribution < -0.4 is 0 Å². The zero-order valence-corrected chi connectivity index (χ0v) is 12.7. The van der Waals surface area contributed by atoms with E-state index in [1.165, 1.54) is 25.1 Å². The molecule has 0 N–H and O–H groups in total. The van der Waals surface area contributed by atoms with Gasteiger partial charge in [0.15, 0.2) is 0 Å². The maximum atomic E-state index is 11.7. The lowest BCUT2D eigenvalue weighted by Gasteiger charge is -2.06. The number of rotatable bonds is 6. The minimum Gasteiger partial charge on any atom is -0.459 e. The van der Waals surface area contributed by atoms with Crippen LogP contribution in [0.4, 0.5) is 0 Å². The third kappa shape index (κ3) is 5.57. The molecule has 0 aliphatic rings. The molecule has 0 unspecified atom stereocenters. The first kappa shape index (κ1) is 17.2. The first-order valence-electron chi connectivity index (χ1n) is 5.76. The Morgan fingerprint density at radius 3 is 2.43 bits per heavy atom. The van der Waals surface area contributed by atoms with Gasteiger partial charge >= 0.3 is 11.9 Å². The van der Waals surface area contributed by atoms with Gasteiger partial charge in [0.1, 0.15) is 13.2 Å². The van der Waals surface area contributed by atoms with Gasteiger partial charge in [-0.25, -0.2) is 18.0 Å². The highest BCUT2D eigenvalue weighted by molar-refractivity contribution is 8.13. The van der Waals surface area contributed by atoms with Crippen LogP contribution >= 0.6 is 10.7 Å². The van der Waals surface area contributed by atoms with Gasteiger partial charge in [-0.05, 0) is 25.1 Å². The zero-order chi connectivity index (χ0) is 16.0. The third-order valence-electron chi connectivity index (χ3n) is 2.25. The van der Waals surface area contributed by atoms with Gasteiger partial charge in [0.25, 0.3) is 9.05 Å². The van der Waals surface area contributed by atoms with Crippen LogP contribution in [0.2, 0.25) is 0 Å². The second-order valence-corrected chi connectivity index (χ2v) is 6.58. The van der Waals surface area contributed by atoms with Gasteiger partial charge in [0.2, 0.25) is 0 Å². The Balaban J connectivity index is 2.57. The SMILES string of the molecule is C=C(C)C(=O)OCCOC(=O)c1cccc(S(=O)(=O)Cl)c1. The predicted molar refractivity (Wildman–Crippen MR) is 75.5 cm³/mol. The number of ether oxygens (including phenoxy) is 2. The molecule has 0 aliphatic carbocycles. The van der Waals surface area contributed by atoms with Crippen molar-refractivity contribution in [3.05, 3.63) is 42.0 Å². The number of hydrogen-bond donors (Lipinski definition) is 0. The molecule has 21 heavy (non-hydrogen) atoms. The summed E-state index contributed by atoms with van der Waals surface area (Å²) >= 11 is 0. The normalized spacial score (nSPS) is 10.8. The Morgan fingerprint density at radius 2 is 1.86 bits per heavy atom. The maximum absolute atomic E-state index is 11.7. The standard InChI is InChI=1S/C13H13ClO6S/c1-9(2)12(15)19-6-7-20-13(16)10-4-3-5-11(8-10)21(14,17)18/h3-5,8H,1,6-7H2,2H3. The molecule has 0 spiro atoms. The molecule has 0 amide bonds. The Morgan fingerprint density at radius 1 is 1.24 bits per heavy atom. The first-order valence-corrected chi connectivity index (χ1v) is 8.07. The lowest BCUT2D eigenvalue weighted by Crippen LogP contribution is -2.14. The Labute approximate surface area is 126 Å². The second-order valence-electron chi connectivity index (χ2n) is 4.02. The van der Waals surface area contributed by atoms with Crippen LogP contribution in [0.3, 0.4) is 0 Å². The molecule has 1 aromatic carbocycles. The molecule has 8 heteroatoms. The van der Waals surface area contributed by atoms with E-state index in [0.717, 1.165) is 6.07 Å². The summed E-state index contributed by atoms with van der Waals surface area (Å²) in [5, 5.41) is 0. The molecular formula is C13H13ClO6S. The molecule has 1 rings (SSSR count). The molecule has 0 bridgehead atoms. The summed E-state index contributed by atoms with van der Waals surface area (Å²) in [6.07, 6.45) is 0. The van der Waals surface area contributed by atoms with Crippen molar-refractivity contribution in [2.75, 3.05) is 13.2 Å². The van der Waals surface area contributed by atoms with Gasteiger partial charge in [-0.3, -0.25) is 0 Å². The number of carbonyl (C=O) groups excluding carboxylic acids is 2. The van der Waals surface area contributed by atoms with Gasteiger partial charge in [-0.1, -0.05) is 12.6 Å². The van der Waals surface area contributed by atoms with Crippen LogP contribution in [-0.4, -0.2) is 33.6 Å². The van der Waals surface area contributed by atoms with Crippen LogP contribution in [0.25, 0.3) is 0 Å². The summed E-state index contributed by atoms with van der Waals surface area (Å²) in [4.78, 5) is 22.6. The van der Waals surface area contributed by atoms with Gasteiger partial charge in [-0.2, -0.15) is 0 Å². The van der Waals surface area contributed by atoms with E-state index in [2.05, 4.69) is 6.58 Å². The molecule has 6 nitrogen and oxygen atoms in total. The maximum Gasteiger partial charge on any atom is 0.338 e. The van der Waals surface area contributed by atoms with E-state index in [1.54, 1.807) is 0 Å². The predicted octanol–water partition coefficient (Wildman–Crippen LogP) is 1.89. The highest BCUT2D eigenvalue weighted by atomic mass is 35.7. The molecule has 0 aromatic heterocycles. The van der Waals surface area contributed by atoms with Gasteiger partial charge < -0.3 is 9.47 Å². The van der Waals surface area contributed by atoms with E-state index in [1.807, 2.05) is 0 Å². The molecule has 0 heterocycles. The highest BCUT2D eigenvalue weighted by Gasteiger charge is 2.14. The van der Waals surface area contributed by atoms with E-state index in [0.29, 0.717) is 0 Å². The monoisotopic (exact) mass is 332 g/mol. The van der Waals surface area contributed by atoms with E-state index in [-0.39, 0.29) is 29.2 Å². The lowest BCUT2D eigenvalue weighted by molar-refractivity contribution is -0.140. The summed E-state index contributed by atoms with van der Waals surface area (Å²) in [7, 11) is 1.26. The average Bonchev–Trinajstić information content (AvgIpc) is 2.42. The summed E-state index contributed by atoms with van der Waals surface area (Å²) in [6, 6.07) is 5.11. The van der Waals surface area contributed by atoms with Gasteiger partial charge in [-0.15, -0.1) is 0 Å². The van der Waals surface area contributed by atoms with Crippen LogP contribution in [0.5, 0.6) is 0 Å². The highest BCUT2D eigenvalue weighted by Crippen LogP contribution is 2.16. The number of benzene rings is 1. The zero-order valence-electron chi connectivity index (χ0n) is 11.2. The average molecular weight is 333 g/mol. The van der Waals surface area contributed by atoms with Crippen LogP contribution in [0.15, 0.2) is 41.3 Å². The smallest absolute Gasteiger partial charge is 0.338 e. The molecule has 0 saturated carbocycles. The van der Waals surface area contributed by atoms with Crippen LogP contribution in [0, 0.1) is 0 Å². The molecule has 0 saturated heterocycles. The Hall–Kier alpha value is -1.86. The van der Waals surface area contributed by atoms with Crippen molar-refractivity contribution < 1.29 is 27.5 Å². The molecule has 0 fully saturated rings. The minimum absolute atomic E-state index is 0.0305. The van der Waals surface area contributed by atoms with Crippen molar-refractivity contribution >= 4 is 31.7 Å². The topological polar surface area (TPSA) is 86.7 Å². The summed E-state index contributed by atoms with van der Waals surface area (Å²) in [5.41, 5.74) is 0.268. The van der Waals surface area contributed by atoms with Gasteiger partial charge in [0.05, 0.1) is 10.5 Å². The first-order chi connectivity index (χ1) is 9.71. The van der Waals surface area contributed by atoms with Crippen molar-refractivity contribution in [2.45, 2.75) is 11.8 Å². The minimum atomic E-state index is -3.92. The van der Waals surface area contributed by atoms with Crippen molar-refractivity contribution in [1.82, 2.24) is 0 Å². The van der Waals surface area contributed by atoms with Crippen LogP contribution in [0.1, 0.15) is 17.3 Å². The molecule has 1 aromatic rings. The van der Waals surface area contributed by atoms with Crippen molar-refractivity contribution in [3.8, 4) is 0 Å². The fourth-order valence-electron chi connectivity index (χ4n) is 1.25. The lowest BCUT2D eigenvalue weighted by atomic mass is 10.2. The molecular weight excluding hydrogens is 320 g/mol. The largest absolute Gasteiger partial charge is 0.459 e. The summed E-state index contributed by atoms with van der Waals surface area (Å²) in [6.45, 7) is 4.61.